The molecule has 0 saturated heterocycles. The zero-order valence-electron chi connectivity index (χ0n) is 7.81. The summed E-state index contributed by atoms with van der Waals surface area (Å²) in [7, 11) is 0. The summed E-state index contributed by atoms with van der Waals surface area (Å²) in [5.74, 6) is 0.377. The molecule has 1 nitrogen and oxygen atoms in total. The minimum Gasteiger partial charge on any atom is -0.240 e. The van der Waals surface area contributed by atoms with Crippen LogP contribution in [0.2, 0.25) is 15.1 Å². The molecule has 1 heterocycles. The van der Waals surface area contributed by atoms with Crippen molar-refractivity contribution in [3.8, 4) is 10.6 Å². The molecule has 16 heavy (non-hydrogen) atoms. The smallest absolute Gasteiger partial charge is 0.125 e. The maximum atomic E-state index is 6.10. The molecule has 0 amide bonds. The SMILES string of the molecule is ClCc1csc(-c2cc(Cl)cc(Cl)c2Cl)n1. The van der Waals surface area contributed by atoms with Gasteiger partial charge in [-0.05, 0) is 12.1 Å². The van der Waals surface area contributed by atoms with Crippen molar-refractivity contribution in [1.29, 1.82) is 0 Å². The molecule has 0 radical (unpaired) electrons. The van der Waals surface area contributed by atoms with Crippen LogP contribution in [0, 0.1) is 0 Å². The zero-order valence-corrected chi connectivity index (χ0v) is 11.6. The molecule has 84 valence electrons. The Balaban J connectivity index is 2.54. The van der Waals surface area contributed by atoms with Crippen LogP contribution >= 0.6 is 57.7 Å². The van der Waals surface area contributed by atoms with Crippen LogP contribution in [0.4, 0.5) is 0 Å². The van der Waals surface area contributed by atoms with Gasteiger partial charge in [0.15, 0.2) is 0 Å². The Morgan fingerprint density at radius 3 is 2.56 bits per heavy atom. The molecular weight excluding hydrogens is 308 g/mol. The van der Waals surface area contributed by atoms with Gasteiger partial charge in [-0.3, -0.25) is 0 Å². The normalized spacial score (nSPS) is 10.8. The van der Waals surface area contributed by atoms with E-state index < -0.39 is 0 Å². The lowest BCUT2D eigenvalue weighted by molar-refractivity contribution is 1.23. The van der Waals surface area contributed by atoms with Crippen LogP contribution in [0.25, 0.3) is 10.6 Å². The Morgan fingerprint density at radius 1 is 1.19 bits per heavy atom. The number of benzene rings is 1. The molecule has 0 bridgehead atoms. The fourth-order valence-corrected chi connectivity index (χ4v) is 3.02. The molecule has 0 N–H and O–H groups in total. The van der Waals surface area contributed by atoms with E-state index in [1.54, 1.807) is 12.1 Å². The first kappa shape index (κ1) is 12.5. The summed E-state index contributed by atoms with van der Waals surface area (Å²) in [6.45, 7) is 0. The molecule has 0 saturated carbocycles. The largest absolute Gasteiger partial charge is 0.240 e. The molecule has 2 aromatic rings. The molecule has 2 rings (SSSR count). The molecule has 0 spiro atoms. The van der Waals surface area contributed by atoms with Crippen molar-refractivity contribution in [3.63, 3.8) is 0 Å². The molecule has 6 heteroatoms. The highest BCUT2D eigenvalue weighted by Crippen LogP contribution is 2.37. The highest BCUT2D eigenvalue weighted by Gasteiger charge is 2.12. The van der Waals surface area contributed by atoms with E-state index in [1.165, 1.54) is 11.3 Å². The number of alkyl halides is 1. The molecule has 0 aliphatic rings. The summed E-state index contributed by atoms with van der Waals surface area (Å²) in [6, 6.07) is 3.34. The summed E-state index contributed by atoms with van der Waals surface area (Å²) < 4.78 is 0. The van der Waals surface area contributed by atoms with E-state index in [2.05, 4.69) is 4.98 Å². The first-order valence-electron chi connectivity index (χ1n) is 4.27. The van der Waals surface area contributed by atoms with E-state index in [0.717, 1.165) is 16.3 Å². The highest BCUT2D eigenvalue weighted by atomic mass is 35.5. The monoisotopic (exact) mass is 311 g/mol. The number of rotatable bonds is 2. The summed E-state index contributed by atoms with van der Waals surface area (Å²) in [5, 5.41) is 4.07. The van der Waals surface area contributed by atoms with Crippen LogP contribution in [-0.4, -0.2) is 4.98 Å². The second-order valence-corrected chi connectivity index (χ2v) is 5.37. The van der Waals surface area contributed by atoms with Crippen LogP contribution in [0.1, 0.15) is 5.69 Å². The lowest BCUT2D eigenvalue weighted by Crippen LogP contribution is -1.82. The third-order valence-corrected chi connectivity index (χ3v) is 4.13. The van der Waals surface area contributed by atoms with Crippen molar-refractivity contribution in [2.24, 2.45) is 0 Å². The number of thiazole rings is 1. The van der Waals surface area contributed by atoms with Crippen molar-refractivity contribution < 1.29 is 0 Å². The van der Waals surface area contributed by atoms with Crippen LogP contribution in [0.3, 0.4) is 0 Å². The number of hydrogen-bond donors (Lipinski definition) is 0. The van der Waals surface area contributed by atoms with E-state index >= 15 is 0 Å². The first-order chi connectivity index (χ1) is 7.61. The molecule has 1 aromatic heterocycles. The maximum absolute atomic E-state index is 6.10. The van der Waals surface area contributed by atoms with Crippen molar-refractivity contribution in [2.45, 2.75) is 5.88 Å². The Kier molecular flexibility index (Phi) is 3.98. The molecule has 1 aromatic carbocycles. The second kappa shape index (κ2) is 5.11. The van der Waals surface area contributed by atoms with E-state index in [4.69, 9.17) is 46.4 Å². The van der Waals surface area contributed by atoms with Gasteiger partial charge < -0.3 is 0 Å². The van der Waals surface area contributed by atoms with E-state index in [-0.39, 0.29) is 0 Å². The lowest BCUT2D eigenvalue weighted by Gasteiger charge is -2.03. The maximum Gasteiger partial charge on any atom is 0.125 e. The second-order valence-electron chi connectivity index (χ2n) is 3.03. The van der Waals surface area contributed by atoms with Gasteiger partial charge in [-0.1, -0.05) is 34.8 Å². The fourth-order valence-electron chi connectivity index (χ4n) is 1.20. The molecule has 0 aliphatic heterocycles. The zero-order chi connectivity index (χ0) is 11.7. The molecular formula is C10H5Cl4NS. The van der Waals surface area contributed by atoms with Crippen LogP contribution < -0.4 is 0 Å². The quantitative estimate of drug-likeness (QED) is 0.526. The van der Waals surface area contributed by atoms with Crippen molar-refractivity contribution >= 4 is 57.7 Å². The summed E-state index contributed by atoms with van der Waals surface area (Å²) in [4.78, 5) is 4.33. The lowest BCUT2D eigenvalue weighted by atomic mass is 10.2. The van der Waals surface area contributed by atoms with Crippen molar-refractivity contribution in [3.05, 3.63) is 38.3 Å². The van der Waals surface area contributed by atoms with Crippen molar-refractivity contribution in [1.82, 2.24) is 4.98 Å². The summed E-state index contributed by atoms with van der Waals surface area (Å²) in [5.41, 5.74) is 1.55. The molecule has 0 aliphatic carbocycles. The van der Waals surface area contributed by atoms with Gasteiger partial charge in [0.25, 0.3) is 0 Å². The predicted molar refractivity (Wildman–Crippen MR) is 72.1 cm³/mol. The van der Waals surface area contributed by atoms with Gasteiger partial charge in [-0.25, -0.2) is 4.98 Å². The average Bonchev–Trinajstić information content (AvgIpc) is 2.71. The molecule has 0 fully saturated rings. The Bertz CT molecular complexity index is 524. The number of halogens is 4. The van der Waals surface area contributed by atoms with Crippen LogP contribution in [0.5, 0.6) is 0 Å². The summed E-state index contributed by atoms with van der Waals surface area (Å²) >= 11 is 25.1. The highest BCUT2D eigenvalue weighted by molar-refractivity contribution is 7.13. The van der Waals surface area contributed by atoms with E-state index in [9.17, 15) is 0 Å². The van der Waals surface area contributed by atoms with Crippen molar-refractivity contribution in [2.75, 3.05) is 0 Å². The van der Waals surface area contributed by atoms with Gasteiger partial charge in [-0.15, -0.1) is 22.9 Å². The number of hydrogen-bond acceptors (Lipinski definition) is 2. The predicted octanol–water partition coefficient (Wildman–Crippen LogP) is 5.51. The van der Waals surface area contributed by atoms with Gasteiger partial charge in [0.1, 0.15) is 5.01 Å². The standard InChI is InChI=1S/C10H5Cl4NS/c11-3-6-4-16-10(15-6)7-1-5(12)2-8(13)9(7)14/h1-2,4H,3H2. The fraction of sp³-hybridized carbons (Fsp3) is 0.100. The minimum atomic E-state index is 0.377. The molecule has 0 unspecified atom stereocenters. The van der Waals surface area contributed by atoms with Crippen LogP contribution in [-0.2, 0) is 5.88 Å². The Labute approximate surface area is 117 Å². The van der Waals surface area contributed by atoms with Gasteiger partial charge in [-0.2, -0.15) is 0 Å². The average molecular weight is 313 g/mol. The third kappa shape index (κ3) is 2.47. The first-order valence-corrected chi connectivity index (χ1v) is 6.82. The van der Waals surface area contributed by atoms with Gasteiger partial charge >= 0.3 is 0 Å². The topological polar surface area (TPSA) is 12.9 Å². The number of nitrogens with zero attached hydrogens (tertiary/aromatic N) is 1. The Morgan fingerprint density at radius 2 is 1.94 bits per heavy atom. The minimum absolute atomic E-state index is 0.377. The summed E-state index contributed by atoms with van der Waals surface area (Å²) in [6.07, 6.45) is 0. The number of aromatic nitrogens is 1. The van der Waals surface area contributed by atoms with E-state index in [0.29, 0.717) is 20.9 Å². The molecule has 0 atom stereocenters. The van der Waals surface area contributed by atoms with E-state index in [1.807, 2.05) is 5.38 Å². The van der Waals surface area contributed by atoms with Gasteiger partial charge in [0.2, 0.25) is 0 Å². The van der Waals surface area contributed by atoms with Crippen LogP contribution in [0.15, 0.2) is 17.5 Å². The van der Waals surface area contributed by atoms with Gasteiger partial charge in [0, 0.05) is 16.0 Å². The van der Waals surface area contributed by atoms with Gasteiger partial charge in [0.05, 0.1) is 21.6 Å². The third-order valence-electron chi connectivity index (χ3n) is 1.91. The Hall–Kier alpha value is 0.01000.